The molecular weight excluding hydrogens is 270 g/mol. The van der Waals surface area contributed by atoms with Crippen molar-refractivity contribution in [2.45, 2.75) is 38.5 Å². The van der Waals surface area contributed by atoms with E-state index in [2.05, 4.69) is 44.2 Å². The molecule has 0 N–H and O–H groups in total. The van der Waals surface area contributed by atoms with Crippen LogP contribution in [0.15, 0.2) is 48.5 Å². The van der Waals surface area contributed by atoms with E-state index in [1.54, 1.807) is 7.11 Å². The van der Waals surface area contributed by atoms with Crippen LogP contribution in [0.1, 0.15) is 55.2 Å². The Balaban J connectivity index is 2.30. The van der Waals surface area contributed by atoms with Crippen LogP contribution in [-0.2, 0) is 0 Å². The van der Waals surface area contributed by atoms with Crippen molar-refractivity contribution in [3.8, 4) is 11.8 Å². The third kappa shape index (κ3) is 3.49. The highest BCUT2D eigenvalue weighted by Gasteiger charge is 2.22. The van der Waals surface area contributed by atoms with Crippen molar-refractivity contribution in [1.29, 1.82) is 5.26 Å². The van der Waals surface area contributed by atoms with Crippen LogP contribution in [0.3, 0.4) is 0 Å². The van der Waals surface area contributed by atoms with Crippen LogP contribution >= 0.6 is 0 Å². The van der Waals surface area contributed by atoms with Crippen LogP contribution in [0.25, 0.3) is 0 Å². The van der Waals surface area contributed by atoms with Gasteiger partial charge in [-0.1, -0.05) is 38.1 Å². The van der Waals surface area contributed by atoms with E-state index in [1.165, 1.54) is 11.1 Å². The highest BCUT2D eigenvalue weighted by molar-refractivity contribution is 5.36. The molecule has 2 heteroatoms. The second kappa shape index (κ2) is 7.66. The summed E-state index contributed by atoms with van der Waals surface area (Å²) in [5, 5.41) is 8.95. The van der Waals surface area contributed by atoms with E-state index in [9.17, 15) is 0 Å². The van der Waals surface area contributed by atoms with E-state index in [0.29, 0.717) is 11.8 Å². The molecule has 2 nitrogen and oxygen atoms in total. The minimum atomic E-state index is 0.464. The quantitative estimate of drug-likeness (QED) is 0.728. The number of hydrogen-bond acceptors (Lipinski definition) is 2. The molecule has 0 aromatic heterocycles. The van der Waals surface area contributed by atoms with E-state index in [4.69, 9.17) is 10.00 Å². The Morgan fingerprint density at radius 2 is 1.32 bits per heavy atom. The molecule has 2 atom stereocenters. The number of hydrogen-bond donors (Lipinski definition) is 0. The second-order valence-electron chi connectivity index (χ2n) is 5.54. The summed E-state index contributed by atoms with van der Waals surface area (Å²) in [7, 11) is 1.69. The number of methoxy groups -OCH3 is 1. The molecule has 0 aliphatic rings. The summed E-state index contributed by atoms with van der Waals surface area (Å²) >= 11 is 0. The molecule has 0 heterocycles. The molecule has 22 heavy (non-hydrogen) atoms. The summed E-state index contributed by atoms with van der Waals surface area (Å²) in [6.45, 7) is 4.47. The molecular formula is C20H23NO. The van der Waals surface area contributed by atoms with Crippen molar-refractivity contribution in [3.63, 3.8) is 0 Å². The van der Waals surface area contributed by atoms with Gasteiger partial charge in [-0.05, 0) is 60.1 Å². The molecule has 0 amide bonds. The summed E-state index contributed by atoms with van der Waals surface area (Å²) in [6, 6.07) is 18.6. The first-order valence-corrected chi connectivity index (χ1v) is 7.87. The zero-order valence-corrected chi connectivity index (χ0v) is 13.5. The zero-order chi connectivity index (χ0) is 15.9. The topological polar surface area (TPSA) is 33.0 Å². The number of nitriles is 1. The van der Waals surface area contributed by atoms with Gasteiger partial charge in [-0.15, -0.1) is 0 Å². The van der Waals surface area contributed by atoms with Crippen molar-refractivity contribution in [3.05, 3.63) is 65.2 Å². The average molecular weight is 293 g/mol. The average Bonchev–Trinajstić information content (AvgIpc) is 2.60. The van der Waals surface area contributed by atoms with Crippen molar-refractivity contribution in [2.24, 2.45) is 0 Å². The van der Waals surface area contributed by atoms with Crippen LogP contribution in [0.5, 0.6) is 5.75 Å². The SMILES string of the molecule is CC[C@@H](c1ccc(C#N)cc1)[C@@H](CC)c1ccc(OC)cc1. The van der Waals surface area contributed by atoms with Gasteiger partial charge in [-0.3, -0.25) is 0 Å². The Bertz CT molecular complexity index is 622. The third-order valence-corrected chi connectivity index (χ3v) is 4.38. The lowest BCUT2D eigenvalue weighted by Crippen LogP contribution is -2.10. The van der Waals surface area contributed by atoms with Gasteiger partial charge in [0.2, 0.25) is 0 Å². The maximum atomic E-state index is 8.95. The van der Waals surface area contributed by atoms with Crippen LogP contribution < -0.4 is 4.74 Å². The van der Waals surface area contributed by atoms with Gasteiger partial charge in [0.25, 0.3) is 0 Å². The first-order chi connectivity index (χ1) is 10.7. The van der Waals surface area contributed by atoms with Gasteiger partial charge in [0.1, 0.15) is 5.75 Å². The van der Waals surface area contributed by atoms with Gasteiger partial charge in [0, 0.05) is 0 Å². The fourth-order valence-electron chi connectivity index (χ4n) is 3.16. The number of benzene rings is 2. The van der Waals surface area contributed by atoms with Crippen LogP contribution in [0, 0.1) is 11.3 Å². The molecule has 0 aliphatic carbocycles. The largest absolute Gasteiger partial charge is 0.497 e. The minimum absolute atomic E-state index is 0.464. The summed E-state index contributed by atoms with van der Waals surface area (Å²) in [5.74, 6) is 1.83. The molecule has 0 radical (unpaired) electrons. The van der Waals surface area contributed by atoms with Crippen molar-refractivity contribution >= 4 is 0 Å². The van der Waals surface area contributed by atoms with Crippen molar-refractivity contribution in [1.82, 2.24) is 0 Å². The van der Waals surface area contributed by atoms with Gasteiger partial charge in [0.15, 0.2) is 0 Å². The van der Waals surface area contributed by atoms with E-state index < -0.39 is 0 Å². The monoisotopic (exact) mass is 293 g/mol. The highest BCUT2D eigenvalue weighted by Crippen LogP contribution is 2.38. The van der Waals surface area contributed by atoms with Gasteiger partial charge in [-0.25, -0.2) is 0 Å². The first kappa shape index (κ1) is 16.1. The Kier molecular flexibility index (Phi) is 5.61. The summed E-state index contributed by atoms with van der Waals surface area (Å²) in [6.07, 6.45) is 2.17. The molecule has 2 rings (SSSR count). The molecule has 0 unspecified atom stereocenters. The second-order valence-corrected chi connectivity index (χ2v) is 5.54. The summed E-state index contributed by atoms with van der Waals surface area (Å²) < 4.78 is 5.25. The Morgan fingerprint density at radius 1 is 0.864 bits per heavy atom. The number of rotatable bonds is 6. The van der Waals surface area contributed by atoms with E-state index in [-0.39, 0.29) is 0 Å². The Labute approximate surface area is 133 Å². The maximum Gasteiger partial charge on any atom is 0.118 e. The zero-order valence-electron chi connectivity index (χ0n) is 13.5. The number of nitrogens with zero attached hydrogens (tertiary/aromatic N) is 1. The molecule has 0 saturated heterocycles. The lowest BCUT2D eigenvalue weighted by atomic mass is 9.78. The van der Waals surface area contributed by atoms with Crippen molar-refractivity contribution in [2.75, 3.05) is 7.11 Å². The molecule has 0 bridgehead atoms. The third-order valence-electron chi connectivity index (χ3n) is 4.38. The fourth-order valence-corrected chi connectivity index (χ4v) is 3.16. The smallest absolute Gasteiger partial charge is 0.118 e. The lowest BCUT2D eigenvalue weighted by molar-refractivity contribution is 0.414. The predicted molar refractivity (Wildman–Crippen MR) is 90.2 cm³/mol. The first-order valence-electron chi connectivity index (χ1n) is 7.87. The number of ether oxygens (including phenoxy) is 1. The van der Waals surface area contributed by atoms with Gasteiger partial charge >= 0.3 is 0 Å². The molecule has 2 aromatic rings. The fraction of sp³-hybridized carbons (Fsp3) is 0.350. The lowest BCUT2D eigenvalue weighted by Gasteiger charge is -2.26. The van der Waals surface area contributed by atoms with E-state index in [1.807, 2.05) is 24.3 Å². The van der Waals surface area contributed by atoms with Crippen LogP contribution in [0.2, 0.25) is 0 Å². The van der Waals surface area contributed by atoms with Crippen LogP contribution in [0.4, 0.5) is 0 Å². The molecule has 0 spiro atoms. The minimum Gasteiger partial charge on any atom is -0.497 e. The molecule has 0 saturated carbocycles. The maximum absolute atomic E-state index is 8.95. The summed E-state index contributed by atoms with van der Waals surface area (Å²) in [4.78, 5) is 0. The van der Waals surface area contributed by atoms with E-state index in [0.717, 1.165) is 24.2 Å². The van der Waals surface area contributed by atoms with Gasteiger partial charge < -0.3 is 4.74 Å². The van der Waals surface area contributed by atoms with E-state index >= 15 is 0 Å². The van der Waals surface area contributed by atoms with Crippen molar-refractivity contribution < 1.29 is 4.74 Å². The molecule has 0 fully saturated rings. The van der Waals surface area contributed by atoms with Gasteiger partial charge in [0.05, 0.1) is 18.7 Å². The molecule has 0 aliphatic heterocycles. The summed E-state index contributed by atoms with van der Waals surface area (Å²) in [5.41, 5.74) is 3.37. The molecule has 2 aromatic carbocycles. The highest BCUT2D eigenvalue weighted by atomic mass is 16.5. The van der Waals surface area contributed by atoms with Gasteiger partial charge in [-0.2, -0.15) is 5.26 Å². The Morgan fingerprint density at radius 3 is 1.68 bits per heavy atom. The predicted octanol–water partition coefficient (Wildman–Crippen LogP) is 5.25. The van der Waals surface area contributed by atoms with Crippen LogP contribution in [-0.4, -0.2) is 7.11 Å². The standard InChI is InChI=1S/C20H23NO/c1-4-19(16-8-6-15(14-21)7-9-16)20(5-2)17-10-12-18(22-3)13-11-17/h6-13,19-20H,4-5H2,1-3H3/t19-,20-/m0/s1. The Hall–Kier alpha value is -2.27. The normalized spacial score (nSPS) is 13.2. The molecule has 114 valence electrons.